The topological polar surface area (TPSA) is 102 Å². The van der Waals surface area contributed by atoms with Crippen LogP contribution in [0.25, 0.3) is 22.0 Å². The number of fused-ring (bicyclic) bond motifs is 1. The number of amides is 1. The number of aromatic nitrogens is 2. The van der Waals surface area contributed by atoms with Gasteiger partial charge in [-0.15, -0.1) is 0 Å². The number of pyridine rings is 2. The Bertz CT molecular complexity index is 1340. The maximum atomic E-state index is 14.0. The molecule has 0 aliphatic heterocycles. The summed E-state index contributed by atoms with van der Waals surface area (Å²) in [6, 6.07) is 12.7. The number of methoxy groups -OCH3 is 1. The second-order valence-corrected chi connectivity index (χ2v) is 7.85. The lowest BCUT2D eigenvalue weighted by Gasteiger charge is -2.13. The van der Waals surface area contributed by atoms with Crippen molar-refractivity contribution in [3.63, 3.8) is 0 Å². The monoisotopic (exact) mass is 467 g/mol. The standard InChI is InChI=1S/C23H19F2N5O2S/c1-32-23-20(30-33-21-5-3-17(24)9-18(21)25)8-15(11-28-23)13-2-4-19-14(6-13)7-16(10-27-12-31)22(26)29-19/h2-9,11-12,30H,10H2,1H3,(H2,26,29)(H,27,31). The number of nitrogen functional groups attached to an aromatic ring is 1. The maximum absolute atomic E-state index is 14.0. The number of carbonyl (C=O) groups is 1. The third kappa shape index (κ3) is 4.96. The van der Waals surface area contributed by atoms with Gasteiger partial charge in [0.15, 0.2) is 0 Å². The Kier molecular flexibility index (Phi) is 6.55. The van der Waals surface area contributed by atoms with Crippen LogP contribution in [-0.2, 0) is 11.3 Å². The predicted octanol–water partition coefficient (Wildman–Crippen LogP) is 4.53. The first kappa shape index (κ1) is 22.3. The van der Waals surface area contributed by atoms with Crippen molar-refractivity contribution in [1.82, 2.24) is 15.3 Å². The molecular formula is C23H19F2N5O2S. The highest BCUT2D eigenvalue weighted by atomic mass is 32.2. The van der Waals surface area contributed by atoms with Gasteiger partial charge in [0.25, 0.3) is 0 Å². The fourth-order valence-electron chi connectivity index (χ4n) is 3.22. The molecule has 2 aromatic heterocycles. The first-order valence-electron chi connectivity index (χ1n) is 9.77. The highest BCUT2D eigenvalue weighted by Gasteiger charge is 2.12. The number of halogens is 2. The van der Waals surface area contributed by atoms with E-state index in [0.717, 1.165) is 34.5 Å². The minimum Gasteiger partial charge on any atom is -0.480 e. The number of nitrogens with zero attached hydrogens (tertiary/aromatic N) is 2. The van der Waals surface area contributed by atoms with Crippen LogP contribution < -0.4 is 20.5 Å². The first-order chi connectivity index (χ1) is 16.0. The molecule has 2 heterocycles. The molecular weight excluding hydrogens is 448 g/mol. The molecule has 7 nitrogen and oxygen atoms in total. The van der Waals surface area contributed by atoms with Crippen molar-refractivity contribution in [2.45, 2.75) is 11.4 Å². The van der Waals surface area contributed by atoms with Gasteiger partial charge in [-0.1, -0.05) is 6.07 Å². The van der Waals surface area contributed by atoms with E-state index in [1.165, 1.54) is 19.2 Å². The average molecular weight is 468 g/mol. The summed E-state index contributed by atoms with van der Waals surface area (Å²) in [5.41, 5.74) is 9.57. The van der Waals surface area contributed by atoms with Crippen molar-refractivity contribution < 1.29 is 18.3 Å². The first-order valence-corrected chi connectivity index (χ1v) is 10.6. The van der Waals surface area contributed by atoms with Gasteiger partial charge >= 0.3 is 0 Å². The van der Waals surface area contributed by atoms with Crippen LogP contribution in [0.5, 0.6) is 5.88 Å². The van der Waals surface area contributed by atoms with E-state index >= 15 is 0 Å². The summed E-state index contributed by atoms with van der Waals surface area (Å²) in [6.07, 6.45) is 2.27. The molecule has 0 spiro atoms. The van der Waals surface area contributed by atoms with Crippen molar-refractivity contribution in [2.24, 2.45) is 0 Å². The molecule has 4 rings (SSSR count). The van der Waals surface area contributed by atoms with Crippen LogP contribution in [0.2, 0.25) is 0 Å². The Labute approximate surface area is 192 Å². The van der Waals surface area contributed by atoms with Gasteiger partial charge < -0.3 is 20.5 Å². The van der Waals surface area contributed by atoms with Gasteiger partial charge in [-0.25, -0.2) is 18.7 Å². The van der Waals surface area contributed by atoms with Gasteiger partial charge in [0, 0.05) is 35.3 Å². The number of benzene rings is 2. The third-order valence-corrected chi connectivity index (χ3v) is 5.72. The molecule has 0 bridgehead atoms. The van der Waals surface area contributed by atoms with Crippen molar-refractivity contribution in [1.29, 1.82) is 0 Å². The lowest BCUT2D eigenvalue weighted by atomic mass is 10.0. The Hall–Kier alpha value is -3.92. The Balaban J connectivity index is 1.65. The molecule has 4 aromatic rings. The predicted molar refractivity (Wildman–Crippen MR) is 125 cm³/mol. The van der Waals surface area contributed by atoms with Gasteiger partial charge in [-0.05, 0) is 53.9 Å². The molecule has 0 aliphatic rings. The third-order valence-electron chi connectivity index (χ3n) is 4.85. The molecule has 0 atom stereocenters. The van der Waals surface area contributed by atoms with Crippen LogP contribution in [0.1, 0.15) is 5.56 Å². The maximum Gasteiger partial charge on any atom is 0.237 e. The van der Waals surface area contributed by atoms with Crippen molar-refractivity contribution in [3.8, 4) is 17.0 Å². The lowest BCUT2D eigenvalue weighted by Crippen LogP contribution is -2.12. The SMILES string of the molecule is COc1ncc(-c2ccc3nc(N)c(CNC=O)cc3c2)cc1NSc1ccc(F)cc1F. The van der Waals surface area contributed by atoms with E-state index in [4.69, 9.17) is 10.5 Å². The van der Waals surface area contributed by atoms with Crippen LogP contribution in [0, 0.1) is 11.6 Å². The van der Waals surface area contributed by atoms with Crippen LogP contribution in [0.4, 0.5) is 20.3 Å². The number of rotatable bonds is 8. The van der Waals surface area contributed by atoms with Crippen LogP contribution in [0.15, 0.2) is 59.6 Å². The van der Waals surface area contributed by atoms with Gasteiger partial charge in [0.05, 0.1) is 17.5 Å². The molecule has 4 N–H and O–H groups in total. The molecule has 0 saturated carbocycles. The highest BCUT2D eigenvalue weighted by Crippen LogP contribution is 2.33. The number of hydrogen-bond donors (Lipinski definition) is 3. The summed E-state index contributed by atoms with van der Waals surface area (Å²) >= 11 is 0.985. The molecule has 0 aliphatic carbocycles. The highest BCUT2D eigenvalue weighted by molar-refractivity contribution is 8.00. The second kappa shape index (κ2) is 9.70. The molecule has 0 fully saturated rings. The minimum absolute atomic E-state index is 0.231. The zero-order chi connectivity index (χ0) is 23.4. The molecule has 1 amide bonds. The van der Waals surface area contributed by atoms with Gasteiger partial charge in [0.1, 0.15) is 23.1 Å². The summed E-state index contributed by atoms with van der Waals surface area (Å²) < 4.78 is 35.5. The molecule has 0 unspecified atom stereocenters. The summed E-state index contributed by atoms with van der Waals surface area (Å²) in [5.74, 6) is -0.633. The zero-order valence-corrected chi connectivity index (χ0v) is 18.2. The molecule has 168 valence electrons. The number of ether oxygens (including phenoxy) is 1. The summed E-state index contributed by atoms with van der Waals surface area (Å²) in [4.78, 5) is 19.6. The summed E-state index contributed by atoms with van der Waals surface area (Å²) in [6.45, 7) is 0.276. The molecule has 33 heavy (non-hydrogen) atoms. The normalized spacial score (nSPS) is 10.8. The molecule has 2 aromatic carbocycles. The lowest BCUT2D eigenvalue weighted by molar-refractivity contribution is -0.109. The zero-order valence-electron chi connectivity index (χ0n) is 17.4. The number of nitrogens with two attached hydrogens (primary N) is 1. The van der Waals surface area contributed by atoms with Gasteiger partial charge in [-0.3, -0.25) is 4.79 Å². The van der Waals surface area contributed by atoms with E-state index in [1.807, 2.05) is 30.3 Å². The van der Waals surface area contributed by atoms with E-state index in [9.17, 15) is 13.6 Å². The Morgan fingerprint density at radius 2 is 1.97 bits per heavy atom. The number of carbonyl (C=O) groups excluding carboxylic acids is 1. The van der Waals surface area contributed by atoms with Crippen molar-refractivity contribution >= 4 is 40.8 Å². The van der Waals surface area contributed by atoms with Gasteiger partial charge in [-0.2, -0.15) is 0 Å². The number of nitrogens with one attached hydrogen (secondary N) is 2. The van der Waals surface area contributed by atoms with E-state index in [1.54, 1.807) is 6.20 Å². The Morgan fingerprint density at radius 1 is 1.12 bits per heavy atom. The van der Waals surface area contributed by atoms with E-state index in [-0.39, 0.29) is 11.4 Å². The van der Waals surface area contributed by atoms with Crippen LogP contribution in [-0.4, -0.2) is 23.5 Å². The Morgan fingerprint density at radius 3 is 2.73 bits per heavy atom. The fourth-order valence-corrected chi connectivity index (χ4v) is 3.88. The number of hydrogen-bond acceptors (Lipinski definition) is 7. The number of anilines is 2. The van der Waals surface area contributed by atoms with E-state index in [2.05, 4.69) is 20.0 Å². The fraction of sp³-hybridized carbons (Fsp3) is 0.0870. The minimum atomic E-state index is -0.670. The summed E-state index contributed by atoms with van der Waals surface area (Å²) in [7, 11) is 1.48. The van der Waals surface area contributed by atoms with Crippen LogP contribution >= 0.6 is 11.9 Å². The smallest absolute Gasteiger partial charge is 0.237 e. The second-order valence-electron chi connectivity index (χ2n) is 7.00. The average Bonchev–Trinajstić information content (AvgIpc) is 2.81. The molecule has 10 heteroatoms. The van der Waals surface area contributed by atoms with E-state index in [0.29, 0.717) is 34.9 Å². The summed E-state index contributed by atoms with van der Waals surface area (Å²) in [5, 5.41) is 3.43. The van der Waals surface area contributed by atoms with Crippen molar-refractivity contribution in [2.75, 3.05) is 17.6 Å². The molecule has 0 saturated heterocycles. The van der Waals surface area contributed by atoms with E-state index < -0.39 is 11.6 Å². The van der Waals surface area contributed by atoms with Gasteiger partial charge in [0.2, 0.25) is 12.3 Å². The van der Waals surface area contributed by atoms with Crippen LogP contribution in [0.3, 0.4) is 0 Å². The van der Waals surface area contributed by atoms with Crippen molar-refractivity contribution in [3.05, 3.63) is 71.9 Å². The molecule has 0 radical (unpaired) electrons. The largest absolute Gasteiger partial charge is 0.480 e. The quantitative estimate of drug-likeness (QED) is 0.258.